The number of amides is 1. The summed E-state index contributed by atoms with van der Waals surface area (Å²) in [6.45, 7) is -0.645. The maximum absolute atomic E-state index is 13.1. The summed E-state index contributed by atoms with van der Waals surface area (Å²) in [6.07, 6.45) is -6.54. The van der Waals surface area contributed by atoms with Crippen LogP contribution in [0.25, 0.3) is 0 Å². The highest BCUT2D eigenvalue weighted by atomic mass is 32.2. The van der Waals surface area contributed by atoms with E-state index in [-0.39, 0.29) is 50.5 Å². The van der Waals surface area contributed by atoms with Crippen molar-refractivity contribution in [3.63, 3.8) is 0 Å². The quantitative estimate of drug-likeness (QED) is 0.166. The number of hydrogen-bond acceptors (Lipinski definition) is 9. The Hall–Kier alpha value is -2.35. The normalized spacial score (nSPS) is 20.1. The average molecular weight is 680 g/mol. The third kappa shape index (κ3) is 11.9. The number of carboxylic acids is 1. The lowest BCUT2D eigenvalue weighted by atomic mass is 9.90. The van der Waals surface area contributed by atoms with Crippen LogP contribution in [-0.4, -0.2) is 110 Å². The number of carboxylic acid groups (broad SMARTS) is 1. The summed E-state index contributed by atoms with van der Waals surface area (Å²) in [5, 5.41) is 8.40. The first-order valence-corrected chi connectivity index (χ1v) is 16.6. The number of carbonyl (C=O) groups excluding carboxylic acids is 1. The highest BCUT2D eigenvalue weighted by Crippen LogP contribution is 2.35. The van der Waals surface area contributed by atoms with Crippen LogP contribution in [0.5, 0.6) is 0 Å². The summed E-state index contributed by atoms with van der Waals surface area (Å²) < 4.78 is 90.9. The SMILES string of the molecule is O=C(O[C@H](COP(=O)([O-])O)C(F)(F)F)N1CCC2(CC1)CN(S(=O)(=O)c1ccccc1)CCO2.[NH3+]CCCC[C@H]([NH3+])C(=O)O. The molecular formula is C24H39F3N4O11PS+. The zero-order chi connectivity index (χ0) is 33.2. The first-order chi connectivity index (χ1) is 20.4. The number of piperidine rings is 1. The zero-order valence-electron chi connectivity index (χ0n) is 23.9. The molecule has 3 rings (SSSR count). The number of phosphoric acid groups is 1. The second-order valence-electron chi connectivity index (χ2n) is 10.2. The van der Waals surface area contributed by atoms with Gasteiger partial charge in [0.15, 0.2) is 6.04 Å². The number of ether oxygens (including phenoxy) is 2. The lowest BCUT2D eigenvalue weighted by molar-refractivity contribution is -0.410. The molecule has 2 aliphatic heterocycles. The van der Waals surface area contributed by atoms with Gasteiger partial charge >= 0.3 is 18.2 Å². The van der Waals surface area contributed by atoms with Crippen molar-refractivity contribution in [2.24, 2.45) is 0 Å². The number of sulfonamides is 1. The second kappa shape index (κ2) is 16.3. The molecule has 15 nitrogen and oxygen atoms in total. The number of benzene rings is 1. The number of carbonyl (C=O) groups is 2. The topological polar surface area (TPSA) is 238 Å². The molecule has 0 aromatic heterocycles. The molecular weight excluding hydrogens is 640 g/mol. The van der Waals surface area contributed by atoms with Gasteiger partial charge in [-0.25, -0.2) is 18.0 Å². The molecule has 3 atom stereocenters. The number of aliphatic carboxylic acids is 1. The predicted molar refractivity (Wildman–Crippen MR) is 143 cm³/mol. The van der Waals surface area contributed by atoms with E-state index in [4.69, 9.17) is 14.7 Å². The van der Waals surface area contributed by atoms with Crippen molar-refractivity contribution in [1.82, 2.24) is 9.21 Å². The molecule has 0 aliphatic carbocycles. The minimum absolute atomic E-state index is 0.0153. The summed E-state index contributed by atoms with van der Waals surface area (Å²) in [5.41, 5.74) is 6.23. The average Bonchev–Trinajstić information content (AvgIpc) is 2.95. The van der Waals surface area contributed by atoms with Crippen molar-refractivity contribution in [2.75, 3.05) is 45.9 Å². The van der Waals surface area contributed by atoms with Gasteiger partial charge in [-0.15, -0.1) is 0 Å². The number of nitrogens with zero attached hydrogens (tertiary/aromatic N) is 2. The summed E-state index contributed by atoms with van der Waals surface area (Å²) in [6, 6.07) is 7.39. The molecule has 20 heteroatoms. The molecule has 252 valence electrons. The molecule has 1 aromatic carbocycles. The van der Waals surface area contributed by atoms with Gasteiger partial charge in [-0.3, -0.25) is 4.57 Å². The molecule has 2 saturated heterocycles. The van der Waals surface area contributed by atoms with Gasteiger partial charge in [0.2, 0.25) is 16.1 Å². The van der Waals surface area contributed by atoms with Gasteiger partial charge in [0.1, 0.15) is 6.61 Å². The lowest BCUT2D eigenvalue weighted by Gasteiger charge is -2.46. The molecule has 8 N–H and O–H groups in total. The standard InChI is InChI=1S/C18H24F3N2O9PS.C6H14N2O2/c19-18(20,21)15(12-31-33(25,26)27)32-16(24)22-8-6-17(7-9-22)13-23(10-11-30-17)34(28,29)14-4-2-1-3-5-14;7-4-2-1-3-5(8)6(9)10/h1-5,15H,6-13H2,(H2,25,26,27);5H,1-4,7-8H2,(H,9,10)/p+1/t15-;5-/m10/s1. The highest BCUT2D eigenvalue weighted by molar-refractivity contribution is 7.89. The Morgan fingerprint density at radius 2 is 1.77 bits per heavy atom. The first-order valence-electron chi connectivity index (χ1n) is 13.6. The molecule has 0 bridgehead atoms. The minimum atomic E-state index is -5.45. The van der Waals surface area contributed by atoms with Crippen LogP contribution in [0.4, 0.5) is 18.0 Å². The van der Waals surface area contributed by atoms with E-state index in [0.29, 0.717) is 6.42 Å². The van der Waals surface area contributed by atoms with Crippen LogP contribution in [-0.2, 0) is 33.4 Å². The van der Waals surface area contributed by atoms with E-state index in [1.807, 2.05) is 0 Å². The Kier molecular flexibility index (Phi) is 14.0. The molecule has 1 aromatic rings. The van der Waals surface area contributed by atoms with Gasteiger partial charge in [0.05, 0.1) is 23.6 Å². The second-order valence-corrected chi connectivity index (χ2v) is 13.4. The van der Waals surface area contributed by atoms with Crippen LogP contribution in [0.2, 0.25) is 0 Å². The van der Waals surface area contributed by atoms with Gasteiger partial charge in [0, 0.05) is 32.6 Å². The Labute approximate surface area is 252 Å². The lowest BCUT2D eigenvalue weighted by Crippen LogP contribution is -2.64. The Morgan fingerprint density at radius 3 is 2.30 bits per heavy atom. The molecule has 1 amide bonds. The van der Waals surface area contributed by atoms with Gasteiger partial charge in [-0.05, 0) is 37.8 Å². The third-order valence-electron chi connectivity index (χ3n) is 6.93. The van der Waals surface area contributed by atoms with Crippen LogP contribution in [0.3, 0.4) is 0 Å². The van der Waals surface area contributed by atoms with E-state index in [9.17, 15) is 40.6 Å². The van der Waals surface area contributed by atoms with E-state index < -0.39 is 60.4 Å². The monoisotopic (exact) mass is 679 g/mol. The summed E-state index contributed by atoms with van der Waals surface area (Å²) >= 11 is 0. The molecule has 2 aliphatic rings. The minimum Gasteiger partial charge on any atom is -0.756 e. The number of phosphoric ester groups is 1. The Bertz CT molecular complexity index is 1230. The highest BCUT2D eigenvalue weighted by Gasteiger charge is 2.47. The fraction of sp³-hybridized carbons (Fsp3) is 0.667. The molecule has 1 spiro atoms. The fourth-order valence-electron chi connectivity index (χ4n) is 4.40. The van der Waals surface area contributed by atoms with E-state index in [1.54, 1.807) is 18.2 Å². The maximum atomic E-state index is 13.1. The molecule has 1 unspecified atom stereocenters. The van der Waals surface area contributed by atoms with Gasteiger partial charge in [0.25, 0.3) is 7.82 Å². The van der Waals surface area contributed by atoms with Gasteiger partial charge < -0.3 is 45.3 Å². The molecule has 44 heavy (non-hydrogen) atoms. The Morgan fingerprint density at radius 1 is 1.16 bits per heavy atom. The smallest absolute Gasteiger partial charge is 0.427 e. The summed E-state index contributed by atoms with van der Waals surface area (Å²) in [7, 11) is -9.23. The van der Waals surface area contributed by atoms with Crippen LogP contribution in [0.1, 0.15) is 32.1 Å². The molecule has 2 heterocycles. The first kappa shape index (κ1) is 37.8. The van der Waals surface area contributed by atoms with Crippen molar-refractivity contribution in [3.05, 3.63) is 30.3 Å². The van der Waals surface area contributed by atoms with Crippen LogP contribution in [0, 0.1) is 0 Å². The number of rotatable bonds is 11. The molecule has 2 fully saturated rings. The molecule has 0 radical (unpaired) electrons. The largest absolute Gasteiger partial charge is 0.756 e. The van der Waals surface area contributed by atoms with Crippen molar-refractivity contribution in [1.29, 1.82) is 0 Å². The van der Waals surface area contributed by atoms with Gasteiger partial charge in [-0.2, -0.15) is 17.5 Å². The number of quaternary nitrogens is 2. The number of hydrogen-bond donors (Lipinski definition) is 4. The number of unbranched alkanes of at least 4 members (excludes halogenated alkanes) is 1. The van der Waals surface area contributed by atoms with Crippen molar-refractivity contribution < 1.29 is 76.1 Å². The van der Waals surface area contributed by atoms with Crippen molar-refractivity contribution in [3.8, 4) is 0 Å². The van der Waals surface area contributed by atoms with E-state index in [1.165, 1.54) is 16.4 Å². The predicted octanol–water partition coefficient (Wildman–Crippen LogP) is -0.819. The fourth-order valence-corrected chi connectivity index (χ4v) is 6.24. The number of halogens is 3. The maximum Gasteiger partial charge on any atom is 0.427 e. The number of alkyl halides is 3. The Balaban J connectivity index is 0.000000580. The molecule has 0 saturated carbocycles. The zero-order valence-corrected chi connectivity index (χ0v) is 25.6. The van der Waals surface area contributed by atoms with Crippen molar-refractivity contribution >= 4 is 29.9 Å². The summed E-state index contributed by atoms with van der Waals surface area (Å²) in [5.74, 6) is -0.802. The number of morpholine rings is 1. The van der Waals surface area contributed by atoms with Crippen LogP contribution < -0.4 is 16.4 Å². The van der Waals surface area contributed by atoms with E-state index >= 15 is 0 Å². The van der Waals surface area contributed by atoms with Crippen LogP contribution in [0.15, 0.2) is 35.2 Å². The van der Waals surface area contributed by atoms with E-state index in [2.05, 4.69) is 20.7 Å². The third-order valence-corrected chi connectivity index (χ3v) is 9.26. The van der Waals surface area contributed by atoms with Crippen molar-refractivity contribution in [2.45, 2.75) is 60.9 Å². The van der Waals surface area contributed by atoms with Crippen LogP contribution >= 0.6 is 7.82 Å². The van der Waals surface area contributed by atoms with E-state index in [0.717, 1.165) is 24.3 Å². The van der Waals surface area contributed by atoms with Gasteiger partial charge in [-0.1, -0.05) is 18.2 Å². The number of likely N-dealkylation sites (tertiary alicyclic amines) is 1. The summed E-state index contributed by atoms with van der Waals surface area (Å²) in [4.78, 5) is 42.7.